The monoisotopic (exact) mass is 233 g/mol. The van der Waals surface area contributed by atoms with Crippen LogP contribution in [0.5, 0.6) is 0 Å². The van der Waals surface area contributed by atoms with Crippen LogP contribution in [-0.4, -0.2) is 35.3 Å². The Kier molecular flexibility index (Phi) is 3.15. The number of hydrogen-bond acceptors (Lipinski definition) is 4. The minimum Gasteiger partial charge on any atom is -0.398 e. The molecule has 92 valence electrons. The average molecular weight is 233 g/mol. The first-order valence-corrected chi connectivity index (χ1v) is 6.00. The van der Waals surface area contributed by atoms with Crippen molar-refractivity contribution in [1.29, 1.82) is 0 Å². The van der Waals surface area contributed by atoms with Gasteiger partial charge in [-0.2, -0.15) is 0 Å². The molecule has 1 fully saturated rings. The molecule has 4 heteroatoms. The molecule has 0 bridgehead atoms. The van der Waals surface area contributed by atoms with Crippen molar-refractivity contribution in [3.05, 3.63) is 24.0 Å². The third kappa shape index (κ3) is 1.93. The largest absolute Gasteiger partial charge is 0.398 e. The molecular formula is C13H19N3O. The zero-order valence-corrected chi connectivity index (χ0v) is 10.4. The Bertz CT molecular complexity index is 422. The molecule has 2 rings (SSSR count). The second-order valence-electron chi connectivity index (χ2n) is 4.93. The van der Waals surface area contributed by atoms with E-state index in [1.54, 1.807) is 18.5 Å². The van der Waals surface area contributed by atoms with Gasteiger partial charge in [0.1, 0.15) is 0 Å². The number of carbonyl (C=O) groups is 1. The van der Waals surface area contributed by atoms with Gasteiger partial charge in [-0.25, -0.2) is 0 Å². The lowest BCUT2D eigenvalue weighted by Gasteiger charge is -2.34. The van der Waals surface area contributed by atoms with Crippen LogP contribution in [-0.2, 0) is 0 Å². The molecule has 0 unspecified atom stereocenters. The fourth-order valence-electron chi connectivity index (χ4n) is 2.68. The van der Waals surface area contributed by atoms with Gasteiger partial charge in [0.15, 0.2) is 5.78 Å². The highest BCUT2D eigenvalue weighted by molar-refractivity contribution is 6.06. The summed E-state index contributed by atoms with van der Waals surface area (Å²) in [5.74, 6) is 0.116. The number of likely N-dealkylation sites (N-methyl/N-ethyl adjacent to an activating group) is 1. The van der Waals surface area contributed by atoms with Crippen LogP contribution in [0.1, 0.15) is 36.0 Å². The summed E-state index contributed by atoms with van der Waals surface area (Å²) in [4.78, 5) is 18.7. The minimum absolute atomic E-state index is 0.116. The lowest BCUT2D eigenvalue weighted by atomic mass is 9.86. The molecule has 0 spiro atoms. The second kappa shape index (κ2) is 4.45. The summed E-state index contributed by atoms with van der Waals surface area (Å²) in [6.07, 6.45) is 7.22. The quantitative estimate of drug-likeness (QED) is 0.808. The van der Waals surface area contributed by atoms with Gasteiger partial charge >= 0.3 is 0 Å². The van der Waals surface area contributed by atoms with Gasteiger partial charge in [-0.05, 0) is 33.0 Å². The van der Waals surface area contributed by atoms with Gasteiger partial charge in [-0.3, -0.25) is 14.7 Å². The molecule has 1 aromatic heterocycles. The molecule has 4 nitrogen and oxygen atoms in total. The fraction of sp³-hybridized carbons (Fsp3) is 0.538. The summed E-state index contributed by atoms with van der Waals surface area (Å²) in [6.45, 7) is 0. The summed E-state index contributed by atoms with van der Waals surface area (Å²) in [7, 11) is 3.94. The van der Waals surface area contributed by atoms with Crippen molar-refractivity contribution >= 4 is 11.5 Å². The number of anilines is 1. The summed E-state index contributed by atoms with van der Waals surface area (Å²) in [5.41, 5.74) is 6.58. The molecule has 1 aliphatic carbocycles. The van der Waals surface area contributed by atoms with Crippen LogP contribution in [0.3, 0.4) is 0 Å². The number of hydrogen-bond donors (Lipinski definition) is 1. The van der Waals surface area contributed by atoms with Gasteiger partial charge in [-0.15, -0.1) is 0 Å². The lowest BCUT2D eigenvalue weighted by Crippen LogP contribution is -2.49. The first-order valence-electron chi connectivity index (χ1n) is 6.00. The number of Topliss-reactive ketones (excluding diaryl/α,β-unsaturated/α-hetero) is 1. The van der Waals surface area contributed by atoms with E-state index in [0.717, 1.165) is 25.7 Å². The van der Waals surface area contributed by atoms with Crippen molar-refractivity contribution in [2.45, 2.75) is 31.2 Å². The number of rotatable bonds is 3. The molecule has 1 heterocycles. The number of ketones is 1. The highest BCUT2D eigenvalue weighted by Crippen LogP contribution is 2.37. The van der Waals surface area contributed by atoms with E-state index in [4.69, 9.17) is 5.73 Å². The van der Waals surface area contributed by atoms with Gasteiger partial charge in [0.05, 0.1) is 11.1 Å². The van der Waals surface area contributed by atoms with Crippen molar-refractivity contribution in [3.63, 3.8) is 0 Å². The standard InChI is InChI=1S/C13H19N3O/c1-16(2)13(6-3-4-7-13)12(17)10-9-15-8-5-11(10)14/h5,8-9H,3-4,6-7H2,1-2H3,(H2,14,15). The molecule has 1 saturated carbocycles. The average Bonchev–Trinajstić information content (AvgIpc) is 2.79. The van der Waals surface area contributed by atoms with Crippen LogP contribution in [0, 0.1) is 0 Å². The van der Waals surface area contributed by atoms with Gasteiger partial charge in [-0.1, -0.05) is 12.8 Å². The van der Waals surface area contributed by atoms with E-state index in [0.29, 0.717) is 11.3 Å². The maximum atomic E-state index is 12.7. The molecule has 0 aliphatic heterocycles. The Morgan fingerprint density at radius 2 is 2.06 bits per heavy atom. The number of pyridine rings is 1. The molecule has 0 amide bonds. The molecule has 17 heavy (non-hydrogen) atoms. The molecule has 2 N–H and O–H groups in total. The van der Waals surface area contributed by atoms with Crippen molar-refractivity contribution in [2.75, 3.05) is 19.8 Å². The number of nitrogens with two attached hydrogens (primary N) is 1. The van der Waals surface area contributed by atoms with Gasteiger partial charge in [0.25, 0.3) is 0 Å². The predicted molar refractivity (Wildman–Crippen MR) is 67.9 cm³/mol. The Balaban J connectivity index is 2.39. The maximum Gasteiger partial charge on any atom is 0.186 e. The van der Waals surface area contributed by atoms with Crippen LogP contribution in [0.15, 0.2) is 18.5 Å². The zero-order chi connectivity index (χ0) is 12.5. The lowest BCUT2D eigenvalue weighted by molar-refractivity contribution is 0.0694. The summed E-state index contributed by atoms with van der Waals surface area (Å²) < 4.78 is 0. The number of nitrogen functional groups attached to an aromatic ring is 1. The van der Waals surface area contributed by atoms with Gasteiger partial charge in [0.2, 0.25) is 0 Å². The number of aromatic nitrogens is 1. The van der Waals surface area contributed by atoms with Crippen LogP contribution in [0.2, 0.25) is 0 Å². The smallest absolute Gasteiger partial charge is 0.186 e. The Morgan fingerprint density at radius 3 is 2.59 bits per heavy atom. The normalized spacial score (nSPS) is 18.5. The number of nitrogens with zero attached hydrogens (tertiary/aromatic N) is 2. The van der Waals surface area contributed by atoms with E-state index in [1.807, 2.05) is 19.0 Å². The molecule has 0 saturated heterocycles. The molecule has 1 aliphatic rings. The minimum atomic E-state index is -0.378. The Morgan fingerprint density at radius 1 is 1.41 bits per heavy atom. The van der Waals surface area contributed by atoms with Crippen LogP contribution >= 0.6 is 0 Å². The molecule has 0 atom stereocenters. The van der Waals surface area contributed by atoms with E-state index in [-0.39, 0.29) is 11.3 Å². The third-order valence-electron chi connectivity index (χ3n) is 3.81. The van der Waals surface area contributed by atoms with E-state index < -0.39 is 0 Å². The Hall–Kier alpha value is -1.42. The van der Waals surface area contributed by atoms with E-state index in [9.17, 15) is 4.79 Å². The van der Waals surface area contributed by atoms with Crippen molar-refractivity contribution in [2.24, 2.45) is 0 Å². The van der Waals surface area contributed by atoms with E-state index >= 15 is 0 Å². The SMILES string of the molecule is CN(C)C1(C(=O)c2cnccc2N)CCCC1. The predicted octanol–water partition coefficient (Wildman–Crippen LogP) is 1.72. The summed E-state index contributed by atoms with van der Waals surface area (Å²) >= 11 is 0. The zero-order valence-electron chi connectivity index (χ0n) is 10.4. The van der Waals surface area contributed by atoms with Crippen LogP contribution in [0.4, 0.5) is 5.69 Å². The third-order valence-corrected chi connectivity index (χ3v) is 3.81. The number of carbonyl (C=O) groups excluding carboxylic acids is 1. The molecule has 0 radical (unpaired) electrons. The van der Waals surface area contributed by atoms with Crippen LogP contribution < -0.4 is 5.73 Å². The van der Waals surface area contributed by atoms with E-state index in [2.05, 4.69) is 4.98 Å². The highest BCUT2D eigenvalue weighted by atomic mass is 16.1. The highest BCUT2D eigenvalue weighted by Gasteiger charge is 2.43. The second-order valence-corrected chi connectivity index (χ2v) is 4.93. The maximum absolute atomic E-state index is 12.7. The van der Waals surface area contributed by atoms with Crippen LogP contribution in [0.25, 0.3) is 0 Å². The fourth-order valence-corrected chi connectivity index (χ4v) is 2.68. The first-order chi connectivity index (χ1) is 8.08. The summed E-state index contributed by atoms with van der Waals surface area (Å²) in [6, 6.07) is 1.69. The van der Waals surface area contributed by atoms with E-state index in [1.165, 1.54) is 0 Å². The Labute approximate surface area is 102 Å². The van der Waals surface area contributed by atoms with Gasteiger partial charge < -0.3 is 5.73 Å². The summed E-state index contributed by atoms with van der Waals surface area (Å²) in [5, 5.41) is 0. The topological polar surface area (TPSA) is 59.2 Å². The molecular weight excluding hydrogens is 214 g/mol. The van der Waals surface area contributed by atoms with Crippen molar-refractivity contribution < 1.29 is 4.79 Å². The first kappa shape index (κ1) is 12.0. The van der Waals surface area contributed by atoms with Crippen molar-refractivity contribution in [3.8, 4) is 0 Å². The molecule has 0 aromatic carbocycles. The van der Waals surface area contributed by atoms with Crippen molar-refractivity contribution in [1.82, 2.24) is 9.88 Å². The van der Waals surface area contributed by atoms with Gasteiger partial charge in [0, 0.05) is 18.1 Å². The molecule has 1 aromatic rings.